The third-order valence-electron chi connectivity index (χ3n) is 4.99. The predicted octanol–water partition coefficient (Wildman–Crippen LogP) is 3.21. The third kappa shape index (κ3) is 5.80. The van der Waals surface area contributed by atoms with E-state index >= 15 is 0 Å². The summed E-state index contributed by atoms with van der Waals surface area (Å²) in [4.78, 5) is 5.46. The number of aliphatic imine (C=N–C) groups is 1. The molecule has 2 rings (SSSR count). The number of nitrogens with two attached hydrogens (primary N) is 1. The second-order valence-corrected chi connectivity index (χ2v) is 9.62. The summed E-state index contributed by atoms with van der Waals surface area (Å²) in [5.74, 6) is 0.718. The topological polar surface area (TPSA) is 96.6 Å². The van der Waals surface area contributed by atoms with Gasteiger partial charge in [-0.25, -0.2) is 18.5 Å². The van der Waals surface area contributed by atoms with Crippen molar-refractivity contribution in [3.63, 3.8) is 0 Å². The lowest BCUT2D eigenvalue weighted by Gasteiger charge is -2.33. The van der Waals surface area contributed by atoms with E-state index in [1.165, 1.54) is 11.6 Å². The van der Waals surface area contributed by atoms with Crippen LogP contribution in [0.5, 0.6) is 0 Å². The highest BCUT2D eigenvalue weighted by Crippen LogP contribution is 2.30. The number of benzene rings is 1. The van der Waals surface area contributed by atoms with E-state index in [0.29, 0.717) is 6.54 Å². The molecular weight excluding hydrogens is 392 g/mol. The second kappa shape index (κ2) is 10.0. The number of guanidine groups is 1. The summed E-state index contributed by atoms with van der Waals surface area (Å²) in [5, 5.41) is 11.9. The summed E-state index contributed by atoms with van der Waals surface area (Å²) in [6.07, 6.45) is 2.03. The molecule has 1 heterocycles. The van der Waals surface area contributed by atoms with Crippen molar-refractivity contribution in [3.8, 4) is 0 Å². The number of rotatable bonds is 9. The van der Waals surface area contributed by atoms with Crippen LogP contribution in [0.4, 0.5) is 0 Å². The molecule has 0 spiro atoms. The van der Waals surface area contributed by atoms with Gasteiger partial charge in [0.15, 0.2) is 5.96 Å². The fourth-order valence-corrected chi connectivity index (χ4v) is 4.85. The molecular formula is C20H30N4O2S2. The zero-order valence-corrected chi connectivity index (χ0v) is 18.4. The van der Waals surface area contributed by atoms with Gasteiger partial charge in [0.25, 0.3) is 0 Å². The van der Waals surface area contributed by atoms with Gasteiger partial charge in [-0.15, -0.1) is 11.3 Å². The number of nitrogens with one attached hydrogen (secondary N) is 2. The van der Waals surface area contributed by atoms with E-state index in [4.69, 9.17) is 5.14 Å². The second-order valence-electron chi connectivity index (χ2n) is 6.67. The average Bonchev–Trinajstić information content (AvgIpc) is 3.17. The number of sulfonamides is 1. The predicted molar refractivity (Wildman–Crippen MR) is 117 cm³/mol. The Hall–Kier alpha value is -1.90. The Morgan fingerprint density at radius 3 is 2.29 bits per heavy atom. The zero-order chi connectivity index (χ0) is 20.6. The van der Waals surface area contributed by atoms with E-state index in [1.807, 2.05) is 13.0 Å². The number of primary sulfonamides is 1. The van der Waals surface area contributed by atoms with Crippen LogP contribution in [0.3, 0.4) is 0 Å². The van der Waals surface area contributed by atoms with Crippen molar-refractivity contribution in [1.29, 1.82) is 0 Å². The number of nitrogens with zero attached hydrogens (tertiary/aromatic N) is 1. The van der Waals surface area contributed by atoms with Gasteiger partial charge in [-0.1, -0.05) is 44.2 Å². The van der Waals surface area contributed by atoms with Crippen LogP contribution >= 0.6 is 11.3 Å². The van der Waals surface area contributed by atoms with Gasteiger partial charge >= 0.3 is 0 Å². The van der Waals surface area contributed by atoms with E-state index in [0.717, 1.165) is 48.1 Å². The fourth-order valence-electron chi connectivity index (χ4n) is 3.15. The molecule has 1 aromatic heterocycles. The van der Waals surface area contributed by atoms with Crippen LogP contribution in [0.15, 0.2) is 51.7 Å². The Bertz CT molecular complexity index is 873. The molecule has 0 radical (unpaired) electrons. The van der Waals surface area contributed by atoms with Crippen molar-refractivity contribution in [2.24, 2.45) is 10.1 Å². The molecule has 4 N–H and O–H groups in total. The lowest BCUT2D eigenvalue weighted by Crippen LogP contribution is -2.45. The highest BCUT2D eigenvalue weighted by atomic mass is 32.2. The van der Waals surface area contributed by atoms with Crippen molar-refractivity contribution in [3.05, 3.63) is 52.9 Å². The molecule has 0 fully saturated rings. The van der Waals surface area contributed by atoms with E-state index in [-0.39, 0.29) is 9.62 Å². The van der Waals surface area contributed by atoms with Crippen LogP contribution in [0.1, 0.15) is 44.1 Å². The smallest absolute Gasteiger partial charge is 0.247 e. The van der Waals surface area contributed by atoms with Gasteiger partial charge in [0.1, 0.15) is 4.21 Å². The Morgan fingerprint density at radius 2 is 1.75 bits per heavy atom. The van der Waals surface area contributed by atoms with Crippen molar-refractivity contribution in [1.82, 2.24) is 10.6 Å². The molecule has 0 bridgehead atoms. The first-order valence-electron chi connectivity index (χ1n) is 9.54. The first-order chi connectivity index (χ1) is 13.3. The lowest BCUT2D eigenvalue weighted by molar-refractivity contribution is 0.389. The Morgan fingerprint density at radius 1 is 1.07 bits per heavy atom. The highest BCUT2D eigenvalue weighted by molar-refractivity contribution is 7.91. The average molecular weight is 423 g/mol. The van der Waals surface area contributed by atoms with E-state index in [9.17, 15) is 8.42 Å². The monoisotopic (exact) mass is 422 g/mol. The van der Waals surface area contributed by atoms with E-state index < -0.39 is 10.0 Å². The van der Waals surface area contributed by atoms with Gasteiger partial charge in [-0.05, 0) is 37.5 Å². The maximum atomic E-state index is 11.4. The molecule has 0 atom stereocenters. The maximum absolute atomic E-state index is 11.4. The van der Waals surface area contributed by atoms with Gasteiger partial charge in [0.2, 0.25) is 10.0 Å². The van der Waals surface area contributed by atoms with Gasteiger partial charge in [-0.2, -0.15) is 0 Å². The Balaban J connectivity index is 2.12. The van der Waals surface area contributed by atoms with Gasteiger partial charge in [-0.3, -0.25) is 0 Å². The summed E-state index contributed by atoms with van der Waals surface area (Å²) in [6, 6.07) is 13.8. The van der Waals surface area contributed by atoms with Crippen molar-refractivity contribution in [2.45, 2.75) is 49.8 Å². The summed E-state index contributed by atoms with van der Waals surface area (Å²) in [7, 11) is -3.66. The molecule has 0 aliphatic carbocycles. The minimum Gasteiger partial charge on any atom is -0.357 e. The zero-order valence-electron chi connectivity index (χ0n) is 16.7. The number of hydrogen-bond donors (Lipinski definition) is 3. The SMILES string of the molecule is CCNC(=NCc1ccc(S(N)(=O)=O)s1)NCC(CC)(CC)c1ccccc1. The summed E-state index contributed by atoms with van der Waals surface area (Å²) < 4.78 is 23.0. The largest absolute Gasteiger partial charge is 0.357 e. The summed E-state index contributed by atoms with van der Waals surface area (Å²) >= 11 is 1.15. The molecule has 0 amide bonds. The Labute approximate surface area is 172 Å². The van der Waals surface area contributed by atoms with E-state index in [1.54, 1.807) is 6.07 Å². The van der Waals surface area contributed by atoms with Crippen molar-refractivity contribution >= 4 is 27.3 Å². The fraction of sp³-hybridized carbons (Fsp3) is 0.450. The van der Waals surface area contributed by atoms with Crippen molar-refractivity contribution < 1.29 is 8.42 Å². The van der Waals surface area contributed by atoms with Crippen LogP contribution in [0.25, 0.3) is 0 Å². The van der Waals surface area contributed by atoms with E-state index in [2.05, 4.69) is 53.7 Å². The molecule has 28 heavy (non-hydrogen) atoms. The number of thiophene rings is 1. The molecule has 154 valence electrons. The van der Waals surface area contributed by atoms with Crippen LogP contribution in [0, 0.1) is 0 Å². The first-order valence-corrected chi connectivity index (χ1v) is 11.9. The molecule has 0 aliphatic heterocycles. The molecule has 0 saturated heterocycles. The molecule has 6 nitrogen and oxygen atoms in total. The van der Waals surface area contributed by atoms with Crippen LogP contribution in [-0.4, -0.2) is 27.5 Å². The first kappa shape index (κ1) is 22.4. The molecule has 0 unspecified atom stereocenters. The highest BCUT2D eigenvalue weighted by Gasteiger charge is 2.28. The van der Waals surface area contributed by atoms with Gasteiger partial charge in [0.05, 0.1) is 6.54 Å². The molecule has 2 aromatic rings. The van der Waals surface area contributed by atoms with Crippen LogP contribution in [-0.2, 0) is 22.0 Å². The number of hydrogen-bond acceptors (Lipinski definition) is 4. The summed E-state index contributed by atoms with van der Waals surface area (Å²) in [6.45, 7) is 8.35. The van der Waals surface area contributed by atoms with Gasteiger partial charge < -0.3 is 10.6 Å². The molecule has 0 saturated carbocycles. The van der Waals surface area contributed by atoms with Crippen molar-refractivity contribution in [2.75, 3.05) is 13.1 Å². The van der Waals surface area contributed by atoms with Gasteiger partial charge in [0, 0.05) is 23.4 Å². The standard InChI is InChI=1S/C20H30N4O2S2/c1-4-20(5-2,16-10-8-7-9-11-16)15-24-19(22-6-3)23-14-17-12-13-18(27-17)28(21,25)26/h7-13H,4-6,14-15H2,1-3H3,(H2,21,25,26)(H2,22,23,24). The normalized spacial score (nSPS) is 12.8. The van der Waals surface area contributed by atoms with Crippen LogP contribution in [0.2, 0.25) is 0 Å². The lowest BCUT2D eigenvalue weighted by atomic mass is 9.76. The minimum atomic E-state index is -3.66. The Kier molecular flexibility index (Phi) is 8.03. The quantitative estimate of drug-likeness (QED) is 0.427. The third-order valence-corrected chi connectivity index (χ3v) is 7.50. The minimum absolute atomic E-state index is 0.0289. The van der Waals surface area contributed by atoms with Crippen LogP contribution < -0.4 is 15.8 Å². The molecule has 1 aromatic carbocycles. The molecule has 0 aliphatic rings. The summed E-state index contributed by atoms with van der Waals surface area (Å²) in [5.41, 5.74) is 1.35. The maximum Gasteiger partial charge on any atom is 0.247 e. The molecule has 8 heteroatoms.